The van der Waals surface area contributed by atoms with Gasteiger partial charge in [0.05, 0.1) is 12.5 Å². The third-order valence-corrected chi connectivity index (χ3v) is 3.33. The van der Waals surface area contributed by atoms with E-state index in [1.165, 1.54) is 0 Å². The summed E-state index contributed by atoms with van der Waals surface area (Å²) >= 11 is 0. The number of amides is 1. The van der Waals surface area contributed by atoms with Crippen molar-refractivity contribution in [3.63, 3.8) is 0 Å². The molecule has 0 radical (unpaired) electrons. The minimum absolute atomic E-state index is 0.0725. The third kappa shape index (κ3) is 2.47. The largest absolute Gasteiger partial charge is 0.326 e. The van der Waals surface area contributed by atoms with Gasteiger partial charge >= 0.3 is 0 Å². The average Bonchev–Trinajstić information content (AvgIpc) is 2.80. The second kappa shape index (κ2) is 5.01. The second-order valence-corrected chi connectivity index (χ2v) is 4.48. The molecule has 1 unspecified atom stereocenters. The number of carbonyl (C=O) groups is 1. The number of rotatable bonds is 2. The van der Waals surface area contributed by atoms with Crippen LogP contribution in [0, 0.1) is 18.3 Å². The monoisotopic (exact) mass is 228 g/mol. The maximum Gasteiger partial charge on any atom is 0.228 e. The molecule has 0 saturated carbocycles. The van der Waals surface area contributed by atoms with Crippen LogP contribution in [0.15, 0.2) is 24.3 Å². The van der Waals surface area contributed by atoms with Crippen molar-refractivity contribution in [1.29, 1.82) is 5.26 Å². The molecular weight excluding hydrogens is 212 g/mol. The summed E-state index contributed by atoms with van der Waals surface area (Å²) in [5, 5.41) is 8.96. The van der Waals surface area contributed by atoms with E-state index in [9.17, 15) is 4.79 Å². The molecule has 0 N–H and O–H groups in total. The van der Waals surface area contributed by atoms with E-state index in [0.717, 1.165) is 30.5 Å². The van der Waals surface area contributed by atoms with Gasteiger partial charge in [-0.05, 0) is 30.9 Å². The van der Waals surface area contributed by atoms with Crippen LogP contribution in [-0.4, -0.2) is 23.4 Å². The van der Waals surface area contributed by atoms with Crippen molar-refractivity contribution >= 4 is 5.91 Å². The van der Waals surface area contributed by atoms with E-state index < -0.39 is 0 Å². The first-order chi connectivity index (χ1) is 8.22. The lowest BCUT2D eigenvalue weighted by molar-refractivity contribution is -0.130. The topological polar surface area (TPSA) is 44.1 Å². The number of nitrogens with zero attached hydrogens (tertiary/aromatic N) is 2. The van der Waals surface area contributed by atoms with E-state index in [2.05, 4.69) is 6.07 Å². The lowest BCUT2D eigenvalue weighted by atomic mass is 10.1. The molecule has 0 spiro atoms. The lowest BCUT2D eigenvalue weighted by Gasteiger charge is -2.19. The standard InChI is InChI=1S/C14H16N2O/c1-11-5-2-3-6-12(11)9-14(17)16-8-4-7-13(16)10-15/h2-3,5-6,13H,4,7-9H2,1H3. The fourth-order valence-corrected chi connectivity index (χ4v) is 2.27. The molecule has 0 aromatic heterocycles. The van der Waals surface area contributed by atoms with E-state index in [0.29, 0.717) is 6.42 Å². The molecule has 1 saturated heterocycles. The van der Waals surface area contributed by atoms with Crippen LogP contribution in [0.25, 0.3) is 0 Å². The van der Waals surface area contributed by atoms with Crippen LogP contribution in [0.1, 0.15) is 24.0 Å². The van der Waals surface area contributed by atoms with Crippen molar-refractivity contribution in [3.8, 4) is 6.07 Å². The first-order valence-corrected chi connectivity index (χ1v) is 5.96. The van der Waals surface area contributed by atoms with Crippen LogP contribution >= 0.6 is 0 Å². The Morgan fingerprint density at radius 3 is 3.00 bits per heavy atom. The van der Waals surface area contributed by atoms with Crippen LogP contribution in [0.3, 0.4) is 0 Å². The first-order valence-electron chi connectivity index (χ1n) is 5.96. The van der Waals surface area contributed by atoms with E-state index in [-0.39, 0.29) is 11.9 Å². The summed E-state index contributed by atoms with van der Waals surface area (Å²) in [5.74, 6) is 0.0725. The highest BCUT2D eigenvalue weighted by Gasteiger charge is 2.28. The molecule has 0 bridgehead atoms. The van der Waals surface area contributed by atoms with Crippen molar-refractivity contribution in [2.24, 2.45) is 0 Å². The summed E-state index contributed by atoms with van der Waals surface area (Å²) in [4.78, 5) is 13.8. The number of nitriles is 1. The molecule has 2 rings (SSSR count). The summed E-state index contributed by atoms with van der Waals surface area (Å²) in [7, 11) is 0. The molecule has 3 heteroatoms. The van der Waals surface area contributed by atoms with E-state index >= 15 is 0 Å². The van der Waals surface area contributed by atoms with Gasteiger partial charge in [-0.15, -0.1) is 0 Å². The van der Waals surface area contributed by atoms with Crippen molar-refractivity contribution in [2.45, 2.75) is 32.2 Å². The zero-order chi connectivity index (χ0) is 12.3. The van der Waals surface area contributed by atoms with Crippen LogP contribution in [0.5, 0.6) is 0 Å². The highest BCUT2D eigenvalue weighted by Crippen LogP contribution is 2.18. The minimum Gasteiger partial charge on any atom is -0.326 e. The Bertz CT molecular complexity index is 462. The molecule has 3 nitrogen and oxygen atoms in total. The van der Waals surface area contributed by atoms with Gasteiger partial charge in [-0.2, -0.15) is 5.26 Å². The Morgan fingerprint density at radius 1 is 1.53 bits per heavy atom. The Hall–Kier alpha value is -1.82. The highest BCUT2D eigenvalue weighted by atomic mass is 16.2. The van der Waals surface area contributed by atoms with Crippen LogP contribution < -0.4 is 0 Å². The van der Waals surface area contributed by atoms with Crippen LogP contribution in [0.2, 0.25) is 0 Å². The molecular formula is C14H16N2O. The third-order valence-electron chi connectivity index (χ3n) is 3.33. The predicted molar refractivity (Wildman–Crippen MR) is 65.2 cm³/mol. The van der Waals surface area contributed by atoms with Gasteiger partial charge in [-0.3, -0.25) is 4.79 Å². The van der Waals surface area contributed by atoms with Gasteiger partial charge in [-0.1, -0.05) is 24.3 Å². The summed E-state index contributed by atoms with van der Waals surface area (Å²) in [6.45, 7) is 2.73. The number of hydrogen-bond donors (Lipinski definition) is 0. The van der Waals surface area contributed by atoms with Gasteiger partial charge in [0.1, 0.15) is 6.04 Å². The van der Waals surface area contributed by atoms with Crippen LogP contribution in [0.4, 0.5) is 0 Å². The number of likely N-dealkylation sites (tertiary alicyclic amines) is 1. The Labute approximate surface area is 102 Å². The summed E-state index contributed by atoms with van der Waals surface area (Å²) < 4.78 is 0. The molecule has 1 aliphatic heterocycles. The van der Waals surface area contributed by atoms with Gasteiger partial charge in [0.15, 0.2) is 0 Å². The molecule has 1 fully saturated rings. The smallest absolute Gasteiger partial charge is 0.228 e. The number of benzene rings is 1. The van der Waals surface area contributed by atoms with E-state index in [1.807, 2.05) is 31.2 Å². The van der Waals surface area contributed by atoms with Crippen molar-refractivity contribution in [2.75, 3.05) is 6.54 Å². The Kier molecular flexibility index (Phi) is 3.43. The summed E-state index contributed by atoms with van der Waals surface area (Å²) in [6.07, 6.45) is 2.17. The predicted octanol–water partition coefficient (Wildman–Crippen LogP) is 2.05. The molecule has 1 amide bonds. The molecule has 88 valence electrons. The molecule has 0 aliphatic carbocycles. The normalized spacial score (nSPS) is 19.1. The number of aryl methyl sites for hydroxylation is 1. The van der Waals surface area contributed by atoms with E-state index in [4.69, 9.17) is 5.26 Å². The highest BCUT2D eigenvalue weighted by molar-refractivity contribution is 5.80. The molecule has 1 aromatic rings. The Morgan fingerprint density at radius 2 is 2.29 bits per heavy atom. The number of carbonyl (C=O) groups excluding carboxylic acids is 1. The van der Waals surface area contributed by atoms with E-state index in [1.54, 1.807) is 4.90 Å². The number of hydrogen-bond acceptors (Lipinski definition) is 2. The second-order valence-electron chi connectivity index (χ2n) is 4.48. The first kappa shape index (κ1) is 11.7. The summed E-state index contributed by atoms with van der Waals surface area (Å²) in [5.41, 5.74) is 2.19. The maximum absolute atomic E-state index is 12.1. The zero-order valence-electron chi connectivity index (χ0n) is 10.0. The average molecular weight is 228 g/mol. The molecule has 1 atom stereocenters. The lowest BCUT2D eigenvalue weighted by Crippen LogP contribution is -2.35. The summed E-state index contributed by atoms with van der Waals surface area (Å²) in [6, 6.07) is 9.88. The van der Waals surface area contributed by atoms with Gasteiger partial charge < -0.3 is 4.90 Å². The molecule has 1 aliphatic rings. The molecule has 1 aromatic carbocycles. The van der Waals surface area contributed by atoms with Gasteiger partial charge in [0.2, 0.25) is 5.91 Å². The fraction of sp³-hybridized carbons (Fsp3) is 0.429. The van der Waals surface area contributed by atoms with Crippen molar-refractivity contribution in [3.05, 3.63) is 35.4 Å². The van der Waals surface area contributed by atoms with Crippen LogP contribution in [-0.2, 0) is 11.2 Å². The molecule has 1 heterocycles. The van der Waals surface area contributed by atoms with Gasteiger partial charge in [-0.25, -0.2) is 0 Å². The van der Waals surface area contributed by atoms with Crippen molar-refractivity contribution in [1.82, 2.24) is 4.90 Å². The molecule has 17 heavy (non-hydrogen) atoms. The van der Waals surface area contributed by atoms with Crippen molar-refractivity contribution < 1.29 is 4.79 Å². The minimum atomic E-state index is -0.216. The zero-order valence-corrected chi connectivity index (χ0v) is 10.0. The Balaban J connectivity index is 2.07. The fourth-order valence-electron chi connectivity index (χ4n) is 2.27. The SMILES string of the molecule is Cc1ccccc1CC(=O)N1CCCC1C#N. The van der Waals surface area contributed by atoms with Gasteiger partial charge in [0.25, 0.3) is 0 Å². The maximum atomic E-state index is 12.1. The van der Waals surface area contributed by atoms with Gasteiger partial charge in [0, 0.05) is 6.54 Å². The quantitative estimate of drug-likeness (QED) is 0.777.